The molecule has 16 heteroatoms. The maximum absolute atomic E-state index is 13.7. The third-order valence-electron chi connectivity index (χ3n) is 11.7. The number of aromatic nitrogens is 2. The fraction of sp³-hybridized carbons (Fsp3) is 0.298. The number of rotatable bonds is 16. The number of aliphatic hydroxyl groups excluding tert-OH is 1. The molecule has 2 aliphatic heterocycles. The summed E-state index contributed by atoms with van der Waals surface area (Å²) in [6, 6.07) is 37.9. The monoisotopic (exact) mass is 925 g/mol. The quantitative estimate of drug-likeness (QED) is 0.0548. The molecule has 0 amide bonds. The van der Waals surface area contributed by atoms with Gasteiger partial charge in [0.1, 0.15) is 0 Å². The van der Waals surface area contributed by atoms with E-state index in [9.17, 15) is 22.3 Å². The van der Waals surface area contributed by atoms with E-state index in [0.717, 1.165) is 104 Å². The van der Waals surface area contributed by atoms with Crippen LogP contribution in [0.5, 0.6) is 0 Å². The second-order valence-electron chi connectivity index (χ2n) is 16.0. The maximum atomic E-state index is 13.7. The van der Waals surface area contributed by atoms with Crippen LogP contribution < -0.4 is 19.8 Å². The van der Waals surface area contributed by atoms with Crippen LogP contribution in [0, 0.1) is 0 Å². The molecule has 6 aromatic rings. The average molecular weight is 927 g/mol. The van der Waals surface area contributed by atoms with Crippen molar-refractivity contribution in [1.29, 1.82) is 0 Å². The molecule has 2 aliphatic rings. The summed E-state index contributed by atoms with van der Waals surface area (Å²) in [6.07, 6.45) is 3.83. The van der Waals surface area contributed by atoms with E-state index in [1.807, 2.05) is 84.7 Å². The Labute approximate surface area is 381 Å². The van der Waals surface area contributed by atoms with Gasteiger partial charge in [-0.3, -0.25) is 4.72 Å². The zero-order valence-corrected chi connectivity index (χ0v) is 38.2. The number of likely N-dealkylation sites (tertiary alicyclic amines) is 1. The molecule has 2 saturated heterocycles. The van der Waals surface area contributed by atoms with Gasteiger partial charge in [-0.25, -0.2) is 17.6 Å². The zero-order valence-electron chi connectivity index (χ0n) is 35.0. The van der Waals surface area contributed by atoms with Crippen LogP contribution in [-0.4, -0.2) is 100 Å². The predicted octanol–water partition coefficient (Wildman–Crippen LogP) is 8.54. The molecule has 5 aromatic carbocycles. The number of piperidine rings is 1. The van der Waals surface area contributed by atoms with Gasteiger partial charge in [0, 0.05) is 103 Å². The van der Waals surface area contributed by atoms with Crippen molar-refractivity contribution in [2.45, 2.75) is 46.1 Å². The Kier molecular flexibility index (Phi) is 14.4. The van der Waals surface area contributed by atoms with Gasteiger partial charge in [-0.1, -0.05) is 54.1 Å². The molecule has 1 unspecified atom stereocenters. The Balaban J connectivity index is 0.894. The molecule has 0 saturated carbocycles. The molecule has 330 valence electrons. The van der Waals surface area contributed by atoms with E-state index in [-0.39, 0.29) is 21.9 Å². The highest BCUT2D eigenvalue weighted by molar-refractivity contribution is 7.99. The van der Waals surface area contributed by atoms with Gasteiger partial charge < -0.3 is 34.2 Å². The van der Waals surface area contributed by atoms with Crippen LogP contribution >= 0.6 is 23.4 Å². The summed E-state index contributed by atoms with van der Waals surface area (Å²) in [4.78, 5) is 12.7. The van der Waals surface area contributed by atoms with Gasteiger partial charge in [0.15, 0.2) is 11.1 Å². The number of piperazine rings is 1. The van der Waals surface area contributed by atoms with E-state index in [2.05, 4.69) is 49.0 Å². The van der Waals surface area contributed by atoms with Crippen molar-refractivity contribution < 1.29 is 22.3 Å². The molecule has 0 bridgehead atoms. The second-order valence-corrected chi connectivity index (χ2v) is 20.1. The minimum absolute atomic E-state index is 0.00526. The molecular weight excluding hydrogens is 874 g/mol. The number of halogens is 1. The van der Waals surface area contributed by atoms with Crippen LogP contribution in [0.4, 0.5) is 22.7 Å². The lowest BCUT2D eigenvalue weighted by atomic mass is 10.0. The van der Waals surface area contributed by atoms with E-state index < -0.39 is 21.1 Å². The first-order valence-electron chi connectivity index (χ1n) is 21.1. The molecule has 4 N–H and O–H groups in total. The molecule has 2 fully saturated rings. The van der Waals surface area contributed by atoms with Crippen molar-refractivity contribution in [2.24, 2.45) is 7.05 Å². The standard InChI is InChI=1S/C47H52ClN7O5S3/c1-52-33-49-46(47(52)34-10-12-36(48)13-11-34)35-6-5-7-40(30-35)55-28-26-54(27-29-55)39-16-14-37(15-17-39)51-63(59,60)43-18-19-44(45(31-43)62(57)58)50-38(32-61-42-8-3-2-4-9-42)20-23-53-24-21-41(56)22-25-53/h2-19,30-31,33,38,41,50-51,56H,20-29,32H2,1H3,(H,57,58)/t38-/m1/s1. The first-order valence-corrected chi connectivity index (χ1v) is 25.0. The Bertz CT molecular complexity index is 2600. The van der Waals surface area contributed by atoms with Crippen molar-refractivity contribution in [3.8, 4) is 22.5 Å². The van der Waals surface area contributed by atoms with Crippen molar-refractivity contribution in [1.82, 2.24) is 14.5 Å². The lowest BCUT2D eigenvalue weighted by molar-refractivity contribution is 0.0817. The minimum atomic E-state index is -4.09. The van der Waals surface area contributed by atoms with Crippen LogP contribution in [0.2, 0.25) is 5.02 Å². The van der Waals surface area contributed by atoms with E-state index in [0.29, 0.717) is 22.2 Å². The average Bonchev–Trinajstić information content (AvgIpc) is 3.69. The number of nitrogens with one attached hydrogen (secondary N) is 2. The van der Waals surface area contributed by atoms with Crippen LogP contribution in [0.1, 0.15) is 19.3 Å². The Morgan fingerprint density at radius 1 is 0.825 bits per heavy atom. The van der Waals surface area contributed by atoms with Crippen molar-refractivity contribution in [3.05, 3.63) is 133 Å². The molecule has 2 atom stereocenters. The highest BCUT2D eigenvalue weighted by Gasteiger charge is 2.24. The number of aliphatic hydroxyl groups is 1. The molecular formula is C47H52ClN7O5S3. The van der Waals surface area contributed by atoms with E-state index in [4.69, 9.17) is 16.6 Å². The second kappa shape index (κ2) is 20.3. The van der Waals surface area contributed by atoms with E-state index >= 15 is 0 Å². The summed E-state index contributed by atoms with van der Waals surface area (Å²) < 4.78 is 55.1. The molecule has 0 spiro atoms. The molecule has 3 heterocycles. The van der Waals surface area contributed by atoms with Crippen LogP contribution in [0.15, 0.2) is 142 Å². The zero-order chi connectivity index (χ0) is 43.9. The van der Waals surface area contributed by atoms with Gasteiger partial charge in [-0.2, -0.15) is 0 Å². The summed E-state index contributed by atoms with van der Waals surface area (Å²) in [5.74, 6) is 0.693. The number of sulfonamides is 1. The third-order valence-corrected chi connectivity index (χ3v) is 15.2. The first kappa shape index (κ1) is 44.7. The molecule has 1 aromatic heterocycles. The number of nitrogens with zero attached hydrogens (tertiary/aromatic N) is 5. The number of benzene rings is 5. The fourth-order valence-corrected chi connectivity index (χ4v) is 11.0. The SMILES string of the molecule is Cn1cnc(-c2cccc(N3CCN(c4ccc(NS(=O)(=O)c5ccc(N[C@H](CCN6CCC(O)CC6)CSc6ccccc6)c(S(=O)O)c5)cc4)CC3)c2)c1-c1ccc(Cl)cc1. The summed E-state index contributed by atoms with van der Waals surface area (Å²) >= 11 is 5.40. The van der Waals surface area contributed by atoms with Crippen molar-refractivity contribution in [3.63, 3.8) is 0 Å². The summed E-state index contributed by atoms with van der Waals surface area (Å²) in [5.41, 5.74) is 6.93. The van der Waals surface area contributed by atoms with E-state index in [1.165, 1.54) is 12.1 Å². The number of hydrogen-bond acceptors (Lipinski definition) is 10. The van der Waals surface area contributed by atoms with Crippen molar-refractivity contribution in [2.75, 3.05) is 71.4 Å². The highest BCUT2D eigenvalue weighted by Crippen LogP contribution is 2.34. The lowest BCUT2D eigenvalue weighted by Gasteiger charge is -2.37. The fourth-order valence-electron chi connectivity index (χ4n) is 8.16. The van der Waals surface area contributed by atoms with E-state index in [1.54, 1.807) is 30.0 Å². The van der Waals surface area contributed by atoms with Crippen LogP contribution in [0.25, 0.3) is 22.5 Å². The largest absolute Gasteiger partial charge is 0.393 e. The topological polar surface area (TPSA) is 143 Å². The van der Waals surface area contributed by atoms with Crippen LogP contribution in [0.3, 0.4) is 0 Å². The van der Waals surface area contributed by atoms with Gasteiger partial charge in [0.05, 0.1) is 39.3 Å². The molecule has 0 aliphatic carbocycles. The molecule has 0 radical (unpaired) electrons. The van der Waals surface area contributed by atoms with Crippen molar-refractivity contribution >= 4 is 67.2 Å². The Hall–Kier alpha value is -4.87. The Morgan fingerprint density at radius 2 is 1.52 bits per heavy atom. The highest BCUT2D eigenvalue weighted by atomic mass is 35.5. The molecule has 63 heavy (non-hydrogen) atoms. The number of imidazole rings is 1. The summed E-state index contributed by atoms with van der Waals surface area (Å²) in [6.45, 7) is 5.62. The first-order chi connectivity index (χ1) is 30.5. The van der Waals surface area contributed by atoms with Crippen LogP contribution in [-0.2, 0) is 28.2 Å². The molecule has 8 rings (SSSR count). The third kappa shape index (κ3) is 11.3. The van der Waals surface area contributed by atoms with Gasteiger partial charge in [0.2, 0.25) is 0 Å². The number of thioether (sulfide) groups is 1. The predicted molar refractivity (Wildman–Crippen MR) is 257 cm³/mol. The number of aryl methyl sites for hydroxylation is 1. The smallest absolute Gasteiger partial charge is 0.261 e. The summed E-state index contributed by atoms with van der Waals surface area (Å²) in [7, 11) is -2.10. The van der Waals surface area contributed by atoms with Gasteiger partial charge in [-0.15, -0.1) is 11.8 Å². The number of anilines is 4. The minimum Gasteiger partial charge on any atom is -0.393 e. The normalized spacial score (nSPS) is 16.2. The van der Waals surface area contributed by atoms with Gasteiger partial charge in [0.25, 0.3) is 10.0 Å². The van der Waals surface area contributed by atoms with Gasteiger partial charge >= 0.3 is 0 Å². The number of hydrogen-bond donors (Lipinski definition) is 4. The molecule has 12 nitrogen and oxygen atoms in total. The Morgan fingerprint density at radius 3 is 2.22 bits per heavy atom. The maximum Gasteiger partial charge on any atom is 0.261 e. The summed E-state index contributed by atoms with van der Waals surface area (Å²) in [5, 5.41) is 14.1. The lowest BCUT2D eigenvalue weighted by Crippen LogP contribution is -2.46. The van der Waals surface area contributed by atoms with Gasteiger partial charge in [-0.05, 0) is 98.1 Å².